The van der Waals surface area contributed by atoms with Crippen LogP contribution in [0.25, 0.3) is 0 Å². The van der Waals surface area contributed by atoms with Crippen LogP contribution in [0.2, 0.25) is 5.02 Å². The summed E-state index contributed by atoms with van der Waals surface area (Å²) in [4.78, 5) is 15.6. The number of pyridine rings is 1. The van der Waals surface area contributed by atoms with Crippen LogP contribution >= 0.6 is 11.6 Å². The number of amides is 1. The summed E-state index contributed by atoms with van der Waals surface area (Å²) in [6.45, 7) is 4.04. The lowest BCUT2D eigenvalue weighted by Gasteiger charge is -2.13. The molecular formula is C11H16ClN3O. The lowest BCUT2D eigenvalue weighted by Crippen LogP contribution is -2.36. The highest BCUT2D eigenvalue weighted by molar-refractivity contribution is 6.30. The Hall–Kier alpha value is -1.13. The van der Waals surface area contributed by atoms with Crippen LogP contribution in [0.4, 0.5) is 5.82 Å². The van der Waals surface area contributed by atoms with Crippen LogP contribution < -0.4 is 11.1 Å². The SMILES string of the molecule is CC(C)C[C@H](N)C(=O)Nc1cc(Cl)ccn1. The van der Waals surface area contributed by atoms with Gasteiger partial charge in [0.25, 0.3) is 0 Å². The number of hydrogen-bond acceptors (Lipinski definition) is 3. The van der Waals surface area contributed by atoms with Gasteiger partial charge in [-0.3, -0.25) is 4.79 Å². The van der Waals surface area contributed by atoms with E-state index < -0.39 is 6.04 Å². The Kier molecular flexibility index (Phi) is 4.71. The van der Waals surface area contributed by atoms with E-state index in [1.165, 1.54) is 6.20 Å². The van der Waals surface area contributed by atoms with Crippen molar-refractivity contribution in [2.24, 2.45) is 11.7 Å². The zero-order chi connectivity index (χ0) is 12.1. The van der Waals surface area contributed by atoms with E-state index in [1.807, 2.05) is 13.8 Å². The van der Waals surface area contributed by atoms with Gasteiger partial charge in [-0.25, -0.2) is 4.98 Å². The summed E-state index contributed by atoms with van der Waals surface area (Å²) in [5.74, 6) is 0.577. The van der Waals surface area contributed by atoms with Gasteiger partial charge in [-0.2, -0.15) is 0 Å². The van der Waals surface area contributed by atoms with Gasteiger partial charge in [0.1, 0.15) is 5.82 Å². The highest BCUT2D eigenvalue weighted by atomic mass is 35.5. The molecule has 0 aliphatic heterocycles. The Morgan fingerprint density at radius 1 is 1.62 bits per heavy atom. The second-order valence-corrected chi connectivity index (χ2v) is 4.52. The third-order valence-electron chi connectivity index (χ3n) is 2.04. The van der Waals surface area contributed by atoms with Crippen molar-refractivity contribution in [2.75, 3.05) is 5.32 Å². The molecule has 0 unspecified atom stereocenters. The van der Waals surface area contributed by atoms with Crippen LogP contribution in [0.15, 0.2) is 18.3 Å². The molecule has 0 fully saturated rings. The first-order chi connectivity index (χ1) is 7.49. The first kappa shape index (κ1) is 12.9. The van der Waals surface area contributed by atoms with Crippen molar-refractivity contribution in [1.82, 2.24) is 4.98 Å². The minimum Gasteiger partial charge on any atom is -0.320 e. The van der Waals surface area contributed by atoms with E-state index in [-0.39, 0.29) is 5.91 Å². The van der Waals surface area contributed by atoms with Crippen molar-refractivity contribution in [1.29, 1.82) is 0 Å². The quantitative estimate of drug-likeness (QED) is 0.848. The van der Waals surface area contributed by atoms with E-state index in [2.05, 4.69) is 10.3 Å². The topological polar surface area (TPSA) is 68.0 Å². The number of carbonyl (C=O) groups excluding carboxylic acids is 1. The Morgan fingerprint density at radius 2 is 2.31 bits per heavy atom. The Labute approximate surface area is 100 Å². The van der Waals surface area contributed by atoms with E-state index in [1.54, 1.807) is 12.1 Å². The zero-order valence-electron chi connectivity index (χ0n) is 9.40. The molecule has 1 atom stereocenters. The molecule has 0 aromatic carbocycles. The van der Waals surface area contributed by atoms with E-state index in [0.717, 1.165) is 0 Å². The number of nitrogens with two attached hydrogens (primary N) is 1. The van der Waals surface area contributed by atoms with Gasteiger partial charge < -0.3 is 11.1 Å². The summed E-state index contributed by atoms with van der Waals surface area (Å²) in [7, 11) is 0. The molecule has 0 aliphatic carbocycles. The maximum Gasteiger partial charge on any atom is 0.242 e. The predicted octanol–water partition coefficient (Wildman–Crippen LogP) is 2.05. The maximum atomic E-state index is 11.6. The maximum absolute atomic E-state index is 11.6. The van der Waals surface area contributed by atoms with Crippen molar-refractivity contribution in [2.45, 2.75) is 26.3 Å². The third-order valence-corrected chi connectivity index (χ3v) is 2.27. The van der Waals surface area contributed by atoms with Gasteiger partial charge in [-0.1, -0.05) is 25.4 Å². The van der Waals surface area contributed by atoms with Gasteiger partial charge in [0.05, 0.1) is 6.04 Å². The molecule has 0 saturated heterocycles. The number of nitrogens with zero attached hydrogens (tertiary/aromatic N) is 1. The van der Waals surface area contributed by atoms with E-state index in [9.17, 15) is 4.79 Å². The first-order valence-corrected chi connectivity index (χ1v) is 5.55. The zero-order valence-corrected chi connectivity index (χ0v) is 10.2. The van der Waals surface area contributed by atoms with E-state index in [4.69, 9.17) is 17.3 Å². The smallest absolute Gasteiger partial charge is 0.242 e. The van der Waals surface area contributed by atoms with Crippen LogP contribution in [0.3, 0.4) is 0 Å². The monoisotopic (exact) mass is 241 g/mol. The summed E-state index contributed by atoms with van der Waals surface area (Å²) in [5, 5.41) is 3.16. The fourth-order valence-corrected chi connectivity index (χ4v) is 1.47. The molecule has 5 heteroatoms. The van der Waals surface area contributed by atoms with Crippen molar-refractivity contribution >= 4 is 23.3 Å². The molecule has 4 nitrogen and oxygen atoms in total. The van der Waals surface area contributed by atoms with Gasteiger partial charge in [0.15, 0.2) is 0 Å². The fourth-order valence-electron chi connectivity index (χ4n) is 1.31. The average Bonchev–Trinajstić information content (AvgIpc) is 2.16. The molecule has 1 aromatic rings. The van der Waals surface area contributed by atoms with Gasteiger partial charge in [0.2, 0.25) is 5.91 Å². The number of rotatable bonds is 4. The van der Waals surface area contributed by atoms with Crippen LogP contribution in [0.5, 0.6) is 0 Å². The lowest BCUT2D eigenvalue weighted by atomic mass is 10.0. The van der Waals surface area contributed by atoms with Crippen LogP contribution in [-0.4, -0.2) is 16.9 Å². The molecular weight excluding hydrogens is 226 g/mol. The summed E-state index contributed by atoms with van der Waals surface area (Å²) in [6.07, 6.45) is 2.18. The third kappa shape index (κ3) is 4.16. The average molecular weight is 242 g/mol. The second kappa shape index (κ2) is 5.82. The molecule has 0 radical (unpaired) electrons. The van der Waals surface area contributed by atoms with Crippen LogP contribution in [-0.2, 0) is 4.79 Å². The molecule has 88 valence electrons. The van der Waals surface area contributed by atoms with Crippen molar-refractivity contribution in [3.05, 3.63) is 23.4 Å². The van der Waals surface area contributed by atoms with Gasteiger partial charge >= 0.3 is 0 Å². The summed E-state index contributed by atoms with van der Waals surface area (Å²) >= 11 is 5.77. The number of aromatic nitrogens is 1. The summed E-state index contributed by atoms with van der Waals surface area (Å²) in [6, 6.07) is 2.72. The van der Waals surface area contributed by atoms with Crippen molar-refractivity contribution in [3.8, 4) is 0 Å². The molecule has 1 rings (SSSR count). The Morgan fingerprint density at radius 3 is 2.88 bits per heavy atom. The van der Waals surface area contributed by atoms with E-state index in [0.29, 0.717) is 23.2 Å². The Balaban J connectivity index is 2.57. The highest BCUT2D eigenvalue weighted by Crippen LogP contribution is 2.12. The number of carbonyl (C=O) groups is 1. The minimum absolute atomic E-state index is 0.233. The number of halogens is 1. The molecule has 16 heavy (non-hydrogen) atoms. The molecule has 0 bridgehead atoms. The predicted molar refractivity (Wildman–Crippen MR) is 65.3 cm³/mol. The highest BCUT2D eigenvalue weighted by Gasteiger charge is 2.15. The minimum atomic E-state index is -0.513. The molecule has 1 heterocycles. The van der Waals surface area contributed by atoms with Crippen LogP contribution in [0.1, 0.15) is 20.3 Å². The summed E-state index contributed by atoms with van der Waals surface area (Å²) in [5.41, 5.74) is 5.73. The van der Waals surface area contributed by atoms with Crippen molar-refractivity contribution in [3.63, 3.8) is 0 Å². The van der Waals surface area contributed by atoms with Gasteiger partial charge in [-0.15, -0.1) is 0 Å². The van der Waals surface area contributed by atoms with Crippen molar-refractivity contribution < 1.29 is 4.79 Å². The number of anilines is 1. The summed E-state index contributed by atoms with van der Waals surface area (Å²) < 4.78 is 0. The van der Waals surface area contributed by atoms with Gasteiger partial charge in [0, 0.05) is 11.2 Å². The normalized spacial score (nSPS) is 12.6. The molecule has 3 N–H and O–H groups in total. The molecule has 0 aliphatic rings. The van der Waals surface area contributed by atoms with E-state index >= 15 is 0 Å². The van der Waals surface area contributed by atoms with Crippen LogP contribution in [0, 0.1) is 5.92 Å². The second-order valence-electron chi connectivity index (χ2n) is 4.08. The molecule has 1 amide bonds. The fraction of sp³-hybridized carbons (Fsp3) is 0.455. The number of nitrogens with one attached hydrogen (secondary N) is 1. The number of hydrogen-bond donors (Lipinski definition) is 2. The largest absolute Gasteiger partial charge is 0.320 e. The first-order valence-electron chi connectivity index (χ1n) is 5.17. The Bertz CT molecular complexity index is 368. The molecule has 1 aromatic heterocycles. The lowest BCUT2D eigenvalue weighted by molar-refractivity contribution is -0.117. The molecule has 0 saturated carbocycles. The van der Waals surface area contributed by atoms with Gasteiger partial charge in [-0.05, 0) is 24.5 Å². The standard InChI is InChI=1S/C11H16ClN3O/c1-7(2)5-9(13)11(16)15-10-6-8(12)3-4-14-10/h3-4,6-7,9H,5,13H2,1-2H3,(H,14,15,16)/t9-/m0/s1. The molecule has 0 spiro atoms.